The average Bonchev–Trinajstić information content (AvgIpc) is 3.43. The van der Waals surface area contributed by atoms with E-state index in [2.05, 4.69) is 20.5 Å². The maximum absolute atomic E-state index is 12.9. The molecule has 3 amide bonds. The molecule has 2 saturated heterocycles. The van der Waals surface area contributed by atoms with Crippen molar-refractivity contribution in [2.75, 3.05) is 32.7 Å². The number of nitrogens with zero attached hydrogens (tertiary/aromatic N) is 5. The van der Waals surface area contributed by atoms with E-state index in [9.17, 15) is 9.59 Å². The fraction of sp³-hybridized carbons (Fsp3) is 0.632. The monoisotopic (exact) mass is 402 g/mol. The molecule has 156 valence electrons. The molecule has 10 nitrogen and oxygen atoms in total. The van der Waals surface area contributed by atoms with E-state index >= 15 is 0 Å². The summed E-state index contributed by atoms with van der Waals surface area (Å²) in [6, 6.07) is -0.0965. The number of hydrogen-bond donors (Lipinski definition) is 1. The molecule has 0 radical (unpaired) electrons. The molecule has 2 atom stereocenters. The Kier molecular flexibility index (Phi) is 5.01. The van der Waals surface area contributed by atoms with E-state index in [0.29, 0.717) is 56.6 Å². The molecule has 0 saturated carbocycles. The zero-order valence-electron chi connectivity index (χ0n) is 17.0. The predicted octanol–water partition coefficient (Wildman–Crippen LogP) is 1.51. The van der Waals surface area contributed by atoms with Crippen molar-refractivity contribution >= 4 is 11.9 Å². The summed E-state index contributed by atoms with van der Waals surface area (Å²) < 4.78 is 11.1. The molecule has 2 aliphatic heterocycles. The summed E-state index contributed by atoms with van der Waals surface area (Å²) in [6.45, 7) is 8.17. The number of fused-ring (bicyclic) bond motifs is 1. The van der Waals surface area contributed by atoms with Gasteiger partial charge in [-0.3, -0.25) is 4.79 Å². The van der Waals surface area contributed by atoms with Crippen molar-refractivity contribution < 1.29 is 18.4 Å². The van der Waals surface area contributed by atoms with Gasteiger partial charge in [-0.25, -0.2) is 9.78 Å². The Morgan fingerprint density at radius 2 is 2.07 bits per heavy atom. The summed E-state index contributed by atoms with van der Waals surface area (Å²) in [6.07, 6.45) is 2.79. The number of carbonyl (C=O) groups excluding carboxylic acids is 2. The summed E-state index contributed by atoms with van der Waals surface area (Å²) in [7, 11) is 0. The molecular weight excluding hydrogens is 376 g/mol. The third-order valence-electron chi connectivity index (χ3n) is 5.96. The second kappa shape index (κ2) is 7.49. The fourth-order valence-corrected chi connectivity index (χ4v) is 4.36. The summed E-state index contributed by atoms with van der Waals surface area (Å²) in [5.74, 6) is 1.13. The Labute approximate surface area is 168 Å². The molecule has 10 heteroatoms. The van der Waals surface area contributed by atoms with E-state index in [1.807, 2.05) is 6.92 Å². The zero-order valence-corrected chi connectivity index (χ0v) is 17.0. The van der Waals surface area contributed by atoms with Crippen LogP contribution in [0.1, 0.15) is 47.8 Å². The molecule has 2 aliphatic rings. The quantitative estimate of drug-likeness (QED) is 0.823. The second-order valence-electron chi connectivity index (χ2n) is 7.86. The van der Waals surface area contributed by atoms with E-state index < -0.39 is 5.41 Å². The van der Waals surface area contributed by atoms with E-state index in [1.54, 1.807) is 23.6 Å². The van der Waals surface area contributed by atoms with Gasteiger partial charge in [-0.15, -0.1) is 10.2 Å². The van der Waals surface area contributed by atoms with Gasteiger partial charge in [-0.1, -0.05) is 6.92 Å². The molecule has 2 aromatic rings. The maximum atomic E-state index is 12.9. The number of nitrogens with one attached hydrogen (secondary N) is 1. The summed E-state index contributed by atoms with van der Waals surface area (Å²) >= 11 is 0. The lowest BCUT2D eigenvalue weighted by molar-refractivity contribution is 0.0537. The lowest BCUT2D eigenvalue weighted by Gasteiger charge is -2.40. The number of likely N-dealkylation sites (tertiary alicyclic amines) is 2. The Balaban J connectivity index is 1.59. The normalized spacial score (nSPS) is 23.9. The molecule has 0 bridgehead atoms. The minimum atomic E-state index is -0.446. The number of piperidine rings is 1. The third kappa shape index (κ3) is 3.36. The molecule has 1 N–H and O–H groups in total. The lowest BCUT2D eigenvalue weighted by atomic mass is 9.72. The van der Waals surface area contributed by atoms with Crippen LogP contribution in [0, 0.1) is 19.8 Å². The SMILES string of the molecule is CCCNC(=O)N1C[C@@H]2CN(C(=O)c3ocnc3C)CC[C@]2(c2nnc(C)o2)C1. The largest absolute Gasteiger partial charge is 0.438 e. The minimum absolute atomic E-state index is 0.00402. The highest BCUT2D eigenvalue weighted by Gasteiger charge is 2.55. The topological polar surface area (TPSA) is 118 Å². The van der Waals surface area contributed by atoms with Gasteiger partial charge in [0.25, 0.3) is 5.91 Å². The van der Waals surface area contributed by atoms with E-state index in [-0.39, 0.29) is 23.6 Å². The summed E-state index contributed by atoms with van der Waals surface area (Å²) in [5, 5.41) is 11.2. The van der Waals surface area contributed by atoms with Crippen LogP contribution in [0.2, 0.25) is 0 Å². The lowest BCUT2D eigenvalue weighted by Crippen LogP contribution is -2.51. The van der Waals surface area contributed by atoms with Crippen LogP contribution in [0.3, 0.4) is 0 Å². The number of oxazole rings is 1. The van der Waals surface area contributed by atoms with E-state index in [1.165, 1.54) is 6.39 Å². The third-order valence-corrected chi connectivity index (χ3v) is 5.96. The zero-order chi connectivity index (χ0) is 20.6. The van der Waals surface area contributed by atoms with Gasteiger partial charge >= 0.3 is 6.03 Å². The maximum Gasteiger partial charge on any atom is 0.317 e. The molecule has 0 unspecified atom stereocenters. The number of hydrogen-bond acceptors (Lipinski definition) is 7. The average molecular weight is 402 g/mol. The van der Waals surface area contributed by atoms with Crippen LogP contribution in [0.4, 0.5) is 4.79 Å². The Morgan fingerprint density at radius 3 is 2.72 bits per heavy atom. The first-order valence-corrected chi connectivity index (χ1v) is 9.97. The van der Waals surface area contributed by atoms with Gasteiger partial charge in [-0.05, 0) is 19.8 Å². The van der Waals surface area contributed by atoms with Crippen molar-refractivity contribution in [3.63, 3.8) is 0 Å². The van der Waals surface area contributed by atoms with Crippen molar-refractivity contribution in [2.45, 2.75) is 39.0 Å². The van der Waals surface area contributed by atoms with Gasteiger partial charge < -0.3 is 24.0 Å². The van der Waals surface area contributed by atoms with Crippen LogP contribution in [0.15, 0.2) is 15.2 Å². The number of urea groups is 1. The Morgan fingerprint density at radius 1 is 1.28 bits per heavy atom. The molecule has 29 heavy (non-hydrogen) atoms. The molecule has 0 aromatic carbocycles. The summed E-state index contributed by atoms with van der Waals surface area (Å²) in [5.41, 5.74) is 0.129. The first kappa shape index (κ1) is 19.4. The summed E-state index contributed by atoms with van der Waals surface area (Å²) in [4.78, 5) is 33.1. The van der Waals surface area contributed by atoms with Gasteiger partial charge in [0.2, 0.25) is 17.5 Å². The number of rotatable bonds is 4. The van der Waals surface area contributed by atoms with Gasteiger partial charge in [0, 0.05) is 45.6 Å². The number of carbonyl (C=O) groups is 2. The fourth-order valence-electron chi connectivity index (χ4n) is 4.36. The highest BCUT2D eigenvalue weighted by Crippen LogP contribution is 2.45. The Bertz CT molecular complexity index is 908. The molecule has 2 aromatic heterocycles. The molecule has 0 aliphatic carbocycles. The van der Waals surface area contributed by atoms with Crippen molar-refractivity contribution in [3.8, 4) is 0 Å². The van der Waals surface area contributed by atoms with Gasteiger partial charge in [0.05, 0.1) is 11.1 Å². The molecule has 4 rings (SSSR count). The number of aryl methyl sites for hydroxylation is 2. The standard InChI is InChI=1S/C19H26N6O4/c1-4-6-20-18(27)25-9-14-8-24(16(26)15-12(2)21-11-28-15)7-5-19(14,10-25)17-23-22-13(3)29-17/h11,14H,4-10H2,1-3H3,(H,20,27)/t14-,19-/m0/s1. The highest BCUT2D eigenvalue weighted by molar-refractivity contribution is 5.92. The number of aromatic nitrogens is 3. The van der Waals surface area contributed by atoms with Crippen molar-refractivity contribution in [2.24, 2.45) is 5.92 Å². The first-order chi connectivity index (χ1) is 13.9. The Hall–Kier alpha value is -2.91. The highest BCUT2D eigenvalue weighted by atomic mass is 16.4. The van der Waals surface area contributed by atoms with Crippen LogP contribution in [0.25, 0.3) is 0 Å². The van der Waals surface area contributed by atoms with Crippen LogP contribution < -0.4 is 5.32 Å². The molecule has 0 spiro atoms. The van der Waals surface area contributed by atoms with E-state index in [0.717, 1.165) is 6.42 Å². The van der Waals surface area contributed by atoms with Crippen LogP contribution in [-0.2, 0) is 5.41 Å². The first-order valence-electron chi connectivity index (χ1n) is 9.97. The van der Waals surface area contributed by atoms with Crippen LogP contribution in [-0.4, -0.2) is 69.6 Å². The number of amides is 3. The van der Waals surface area contributed by atoms with Gasteiger partial charge in [-0.2, -0.15) is 0 Å². The molecule has 2 fully saturated rings. The van der Waals surface area contributed by atoms with Crippen molar-refractivity contribution in [1.82, 2.24) is 30.3 Å². The van der Waals surface area contributed by atoms with Crippen LogP contribution >= 0.6 is 0 Å². The van der Waals surface area contributed by atoms with Crippen molar-refractivity contribution in [1.29, 1.82) is 0 Å². The van der Waals surface area contributed by atoms with Crippen molar-refractivity contribution in [3.05, 3.63) is 29.6 Å². The van der Waals surface area contributed by atoms with E-state index in [4.69, 9.17) is 8.83 Å². The molecular formula is C19H26N6O4. The van der Waals surface area contributed by atoms with Gasteiger partial charge in [0.1, 0.15) is 0 Å². The molecule has 4 heterocycles. The predicted molar refractivity (Wildman–Crippen MR) is 101 cm³/mol. The minimum Gasteiger partial charge on any atom is -0.438 e. The second-order valence-corrected chi connectivity index (χ2v) is 7.86. The smallest absolute Gasteiger partial charge is 0.317 e. The van der Waals surface area contributed by atoms with Gasteiger partial charge in [0.15, 0.2) is 6.39 Å². The van der Waals surface area contributed by atoms with Crippen LogP contribution in [0.5, 0.6) is 0 Å².